The summed E-state index contributed by atoms with van der Waals surface area (Å²) in [4.78, 5) is 11.5. The minimum absolute atomic E-state index is 0. The van der Waals surface area contributed by atoms with E-state index in [1.54, 1.807) is 0 Å². The van der Waals surface area contributed by atoms with Gasteiger partial charge in [-0.1, -0.05) is 13.0 Å². The first-order chi connectivity index (χ1) is 13.8. The Kier molecular flexibility index (Phi) is 11.8. The second-order valence-electron chi connectivity index (χ2n) is 7.74. The molecule has 0 spiro atoms. The molecule has 0 amide bonds. The lowest BCUT2D eigenvalue weighted by Crippen LogP contribution is -2.42. The molecule has 0 saturated carbocycles. The van der Waals surface area contributed by atoms with Crippen molar-refractivity contribution in [2.75, 3.05) is 65.6 Å². The summed E-state index contributed by atoms with van der Waals surface area (Å²) >= 11 is 1.83. The summed E-state index contributed by atoms with van der Waals surface area (Å²) in [5, 5.41) is 9.20. The normalized spacial score (nSPS) is 22.3. The maximum absolute atomic E-state index is 5.55. The van der Waals surface area contributed by atoms with Crippen LogP contribution in [0.4, 0.5) is 0 Å². The number of guanidine groups is 1. The smallest absolute Gasteiger partial charge is 0.191 e. The van der Waals surface area contributed by atoms with Gasteiger partial charge in [-0.05, 0) is 50.2 Å². The summed E-state index contributed by atoms with van der Waals surface area (Å²) in [6.07, 6.45) is 2.54. The van der Waals surface area contributed by atoms with Crippen LogP contribution >= 0.6 is 35.3 Å². The van der Waals surface area contributed by atoms with E-state index >= 15 is 0 Å². The molecule has 2 N–H and O–H groups in total. The van der Waals surface area contributed by atoms with Crippen molar-refractivity contribution >= 4 is 41.3 Å². The van der Waals surface area contributed by atoms with E-state index in [0.29, 0.717) is 6.04 Å². The molecule has 0 aromatic carbocycles. The number of nitrogens with one attached hydrogen (secondary N) is 2. The molecule has 0 radical (unpaired) electrons. The van der Waals surface area contributed by atoms with Gasteiger partial charge in [0.25, 0.3) is 0 Å². The fourth-order valence-corrected chi connectivity index (χ4v) is 4.97. The van der Waals surface area contributed by atoms with Crippen molar-refractivity contribution in [3.8, 4) is 0 Å². The first kappa shape index (κ1) is 24.8. The average Bonchev–Trinajstić information content (AvgIpc) is 3.40. The van der Waals surface area contributed by atoms with Gasteiger partial charge in [0.15, 0.2) is 5.96 Å². The van der Waals surface area contributed by atoms with Crippen LogP contribution in [-0.4, -0.2) is 81.3 Å². The Labute approximate surface area is 197 Å². The number of hydrogen-bond acceptors (Lipinski definition) is 5. The number of likely N-dealkylation sites (tertiary alicyclic amines) is 1. The van der Waals surface area contributed by atoms with Gasteiger partial charge >= 0.3 is 0 Å². The van der Waals surface area contributed by atoms with Gasteiger partial charge in [-0.3, -0.25) is 9.89 Å². The minimum Gasteiger partial charge on any atom is -0.379 e. The fraction of sp³-hybridized carbons (Fsp3) is 0.762. The van der Waals surface area contributed by atoms with Crippen molar-refractivity contribution in [3.63, 3.8) is 0 Å². The number of ether oxygens (including phenoxy) is 1. The number of nitrogens with zero attached hydrogens (tertiary/aromatic N) is 3. The van der Waals surface area contributed by atoms with Gasteiger partial charge < -0.3 is 20.3 Å². The van der Waals surface area contributed by atoms with Crippen LogP contribution in [0.2, 0.25) is 0 Å². The molecule has 1 aromatic rings. The summed E-state index contributed by atoms with van der Waals surface area (Å²) in [6, 6.07) is 4.72. The van der Waals surface area contributed by atoms with E-state index in [4.69, 9.17) is 9.73 Å². The standard InChI is InChI=1S/C21H37N5OS.HI/c1-3-8-25-9-7-18(17-25)15-23-21(22-4-2)24-16-19(20-6-5-14-28-20)26-10-12-27-13-11-26;/h5-6,14,18-19H,3-4,7-13,15-17H2,1-2H3,(H2,22,23,24);1H. The molecule has 0 aliphatic carbocycles. The Morgan fingerprint density at radius 2 is 2.10 bits per heavy atom. The quantitative estimate of drug-likeness (QED) is 0.289. The van der Waals surface area contributed by atoms with Crippen LogP contribution in [0.1, 0.15) is 37.6 Å². The predicted molar refractivity (Wildman–Crippen MR) is 134 cm³/mol. The number of halogens is 1. The Balaban J connectivity index is 0.00000300. The third kappa shape index (κ3) is 7.97. The van der Waals surface area contributed by atoms with Crippen LogP contribution in [-0.2, 0) is 4.74 Å². The highest BCUT2D eigenvalue weighted by Gasteiger charge is 2.24. The Morgan fingerprint density at radius 3 is 2.79 bits per heavy atom. The van der Waals surface area contributed by atoms with E-state index in [1.807, 2.05) is 11.3 Å². The van der Waals surface area contributed by atoms with Gasteiger partial charge in [0.1, 0.15) is 0 Å². The van der Waals surface area contributed by atoms with E-state index in [2.05, 4.69) is 51.8 Å². The molecule has 29 heavy (non-hydrogen) atoms. The molecule has 0 bridgehead atoms. The first-order valence-electron chi connectivity index (χ1n) is 10.9. The molecule has 2 aliphatic heterocycles. The predicted octanol–water partition coefficient (Wildman–Crippen LogP) is 3.03. The second kappa shape index (κ2) is 13.8. The number of aliphatic imine (C=N–C) groups is 1. The molecular weight excluding hydrogens is 497 g/mol. The molecule has 2 fully saturated rings. The molecule has 3 rings (SSSR count). The lowest BCUT2D eigenvalue weighted by atomic mass is 10.1. The number of rotatable bonds is 9. The van der Waals surface area contributed by atoms with Crippen molar-refractivity contribution < 1.29 is 4.74 Å². The topological polar surface area (TPSA) is 52.1 Å². The van der Waals surface area contributed by atoms with Gasteiger partial charge in [-0.2, -0.15) is 0 Å². The SMILES string of the molecule is CCCN1CCC(CNC(=NCC(c2cccs2)N2CCOCC2)NCC)C1.I. The molecule has 6 nitrogen and oxygen atoms in total. The molecule has 2 atom stereocenters. The van der Waals surface area contributed by atoms with Gasteiger partial charge in [0, 0.05) is 37.6 Å². The van der Waals surface area contributed by atoms with E-state index in [-0.39, 0.29) is 24.0 Å². The van der Waals surface area contributed by atoms with Gasteiger partial charge in [0.2, 0.25) is 0 Å². The van der Waals surface area contributed by atoms with Crippen molar-refractivity contribution in [3.05, 3.63) is 22.4 Å². The summed E-state index contributed by atoms with van der Waals surface area (Å²) in [7, 11) is 0. The highest BCUT2D eigenvalue weighted by molar-refractivity contribution is 14.0. The van der Waals surface area contributed by atoms with Crippen LogP contribution in [0.3, 0.4) is 0 Å². The fourth-order valence-electron chi connectivity index (χ4n) is 4.11. The van der Waals surface area contributed by atoms with Crippen LogP contribution in [0.5, 0.6) is 0 Å². The molecule has 1 aromatic heterocycles. The summed E-state index contributed by atoms with van der Waals surface area (Å²) in [5.41, 5.74) is 0. The van der Waals surface area contributed by atoms with Crippen LogP contribution in [0.25, 0.3) is 0 Å². The Morgan fingerprint density at radius 1 is 1.28 bits per heavy atom. The lowest BCUT2D eigenvalue weighted by molar-refractivity contribution is 0.0186. The van der Waals surface area contributed by atoms with Crippen LogP contribution in [0, 0.1) is 5.92 Å². The Hall–Kier alpha value is -0.420. The molecule has 2 aliphatic rings. The zero-order valence-electron chi connectivity index (χ0n) is 17.9. The van der Waals surface area contributed by atoms with Crippen molar-refractivity contribution in [1.29, 1.82) is 0 Å². The number of hydrogen-bond donors (Lipinski definition) is 2. The van der Waals surface area contributed by atoms with E-state index in [1.165, 1.54) is 37.4 Å². The van der Waals surface area contributed by atoms with Gasteiger partial charge in [0.05, 0.1) is 25.8 Å². The monoisotopic (exact) mass is 535 g/mol. The summed E-state index contributed by atoms with van der Waals surface area (Å²) in [6.45, 7) is 14.4. The summed E-state index contributed by atoms with van der Waals surface area (Å²) in [5.74, 6) is 1.67. The first-order valence-corrected chi connectivity index (χ1v) is 11.8. The Bertz CT molecular complexity index is 580. The molecule has 3 heterocycles. The third-order valence-corrected chi connectivity index (χ3v) is 6.57. The van der Waals surface area contributed by atoms with E-state index in [9.17, 15) is 0 Å². The number of morpholine rings is 1. The van der Waals surface area contributed by atoms with Crippen molar-refractivity contribution in [2.24, 2.45) is 10.9 Å². The molecule has 166 valence electrons. The highest BCUT2D eigenvalue weighted by atomic mass is 127. The van der Waals surface area contributed by atoms with Crippen LogP contribution < -0.4 is 10.6 Å². The maximum Gasteiger partial charge on any atom is 0.191 e. The highest BCUT2D eigenvalue weighted by Crippen LogP contribution is 2.26. The zero-order valence-corrected chi connectivity index (χ0v) is 21.1. The molecule has 2 saturated heterocycles. The summed E-state index contributed by atoms with van der Waals surface area (Å²) < 4.78 is 5.55. The average molecular weight is 536 g/mol. The maximum atomic E-state index is 5.55. The van der Waals surface area contributed by atoms with Gasteiger partial charge in [-0.25, -0.2) is 0 Å². The zero-order chi connectivity index (χ0) is 19.6. The second-order valence-corrected chi connectivity index (χ2v) is 8.71. The largest absolute Gasteiger partial charge is 0.379 e. The molecule has 8 heteroatoms. The van der Waals surface area contributed by atoms with E-state index < -0.39 is 0 Å². The molecule has 2 unspecified atom stereocenters. The molecular formula is C21H38IN5OS. The number of thiophene rings is 1. The van der Waals surface area contributed by atoms with E-state index in [0.717, 1.165) is 57.8 Å². The van der Waals surface area contributed by atoms with Crippen molar-refractivity contribution in [1.82, 2.24) is 20.4 Å². The van der Waals surface area contributed by atoms with Crippen molar-refractivity contribution in [2.45, 2.75) is 32.7 Å². The third-order valence-electron chi connectivity index (χ3n) is 5.59. The minimum atomic E-state index is 0. The lowest BCUT2D eigenvalue weighted by Gasteiger charge is -2.33. The van der Waals surface area contributed by atoms with Gasteiger partial charge in [-0.15, -0.1) is 35.3 Å². The van der Waals surface area contributed by atoms with Crippen LogP contribution in [0.15, 0.2) is 22.5 Å².